The Kier molecular flexibility index (Phi) is 5.66. The molecule has 5 nitrogen and oxygen atoms in total. The minimum Gasteiger partial charge on any atom is -0.467 e. The number of nitrogens with zero attached hydrogens (tertiary/aromatic N) is 1. The number of pyridine rings is 1. The largest absolute Gasteiger partial charge is 0.467 e. The first-order chi connectivity index (χ1) is 10.6. The zero-order chi connectivity index (χ0) is 15.9. The standard InChI is InChI=1S/C16H15BrN2O3/c1-22-16(21)14(10-11-5-7-12(17)8-6-11)19-15(20)13-4-2-3-9-18-13/h2-9,14H,10H2,1H3,(H,19,20)/t14-/m0/s1. The second-order valence-corrected chi connectivity index (χ2v) is 5.51. The number of hydrogen-bond donors (Lipinski definition) is 1. The lowest BCUT2D eigenvalue weighted by Crippen LogP contribution is -2.43. The number of aromatic nitrogens is 1. The molecule has 22 heavy (non-hydrogen) atoms. The van der Waals surface area contributed by atoms with Gasteiger partial charge in [-0.15, -0.1) is 0 Å². The van der Waals surface area contributed by atoms with E-state index in [4.69, 9.17) is 4.74 Å². The van der Waals surface area contributed by atoms with Crippen LogP contribution in [0, 0.1) is 0 Å². The van der Waals surface area contributed by atoms with Crippen molar-refractivity contribution in [3.63, 3.8) is 0 Å². The van der Waals surface area contributed by atoms with E-state index in [1.54, 1.807) is 18.2 Å². The lowest BCUT2D eigenvalue weighted by Gasteiger charge is -2.16. The van der Waals surface area contributed by atoms with Crippen molar-refractivity contribution in [1.82, 2.24) is 10.3 Å². The van der Waals surface area contributed by atoms with Gasteiger partial charge in [-0.3, -0.25) is 9.78 Å². The molecular weight excluding hydrogens is 348 g/mol. The monoisotopic (exact) mass is 362 g/mol. The number of esters is 1. The highest BCUT2D eigenvalue weighted by molar-refractivity contribution is 9.10. The summed E-state index contributed by atoms with van der Waals surface area (Å²) in [6.07, 6.45) is 1.87. The first kappa shape index (κ1) is 16.2. The van der Waals surface area contributed by atoms with Gasteiger partial charge < -0.3 is 10.1 Å². The van der Waals surface area contributed by atoms with E-state index in [0.29, 0.717) is 6.42 Å². The summed E-state index contributed by atoms with van der Waals surface area (Å²) in [6, 6.07) is 11.8. The molecule has 114 valence electrons. The van der Waals surface area contributed by atoms with E-state index in [-0.39, 0.29) is 5.69 Å². The fraction of sp³-hybridized carbons (Fsp3) is 0.188. The fourth-order valence-corrected chi connectivity index (χ4v) is 2.19. The summed E-state index contributed by atoms with van der Waals surface area (Å²) in [7, 11) is 1.30. The molecule has 0 bridgehead atoms. The maximum atomic E-state index is 12.1. The predicted molar refractivity (Wildman–Crippen MR) is 85.4 cm³/mol. The molecule has 2 aromatic rings. The van der Waals surface area contributed by atoms with Crippen molar-refractivity contribution in [3.05, 3.63) is 64.4 Å². The molecule has 0 fully saturated rings. The molecule has 0 aliphatic heterocycles. The number of hydrogen-bond acceptors (Lipinski definition) is 4. The maximum absolute atomic E-state index is 12.1. The molecule has 1 N–H and O–H groups in total. The molecule has 0 saturated carbocycles. The van der Waals surface area contributed by atoms with Gasteiger partial charge in [-0.05, 0) is 29.8 Å². The third-order valence-electron chi connectivity index (χ3n) is 3.04. The van der Waals surface area contributed by atoms with Crippen molar-refractivity contribution in [2.24, 2.45) is 0 Å². The van der Waals surface area contributed by atoms with Crippen molar-refractivity contribution < 1.29 is 14.3 Å². The van der Waals surface area contributed by atoms with Crippen LogP contribution in [0.3, 0.4) is 0 Å². The summed E-state index contributed by atoms with van der Waals surface area (Å²) in [5.41, 5.74) is 1.17. The summed E-state index contributed by atoms with van der Waals surface area (Å²) in [5.74, 6) is -0.902. The Hall–Kier alpha value is -2.21. The van der Waals surface area contributed by atoms with Crippen molar-refractivity contribution in [1.29, 1.82) is 0 Å². The number of rotatable bonds is 5. The lowest BCUT2D eigenvalue weighted by atomic mass is 10.1. The van der Waals surface area contributed by atoms with Crippen molar-refractivity contribution in [3.8, 4) is 0 Å². The Morgan fingerprint density at radius 1 is 1.23 bits per heavy atom. The van der Waals surface area contributed by atoms with Crippen molar-refractivity contribution >= 4 is 27.8 Å². The molecule has 0 unspecified atom stereocenters. The molecule has 1 heterocycles. The number of nitrogens with one attached hydrogen (secondary N) is 1. The summed E-state index contributed by atoms with van der Waals surface area (Å²) in [5, 5.41) is 2.66. The molecule has 6 heteroatoms. The number of amides is 1. The van der Waals surface area contributed by atoms with Crippen LogP contribution in [0.25, 0.3) is 0 Å². The summed E-state index contributed by atoms with van der Waals surface area (Å²) in [6.45, 7) is 0. The van der Waals surface area contributed by atoms with Gasteiger partial charge in [0.2, 0.25) is 0 Å². The first-order valence-electron chi connectivity index (χ1n) is 6.64. The second-order valence-electron chi connectivity index (χ2n) is 4.59. The van der Waals surface area contributed by atoms with E-state index in [9.17, 15) is 9.59 Å². The topological polar surface area (TPSA) is 68.3 Å². The minimum absolute atomic E-state index is 0.257. The number of halogens is 1. The fourth-order valence-electron chi connectivity index (χ4n) is 1.92. The van der Waals surface area contributed by atoms with Crippen LogP contribution in [0.4, 0.5) is 0 Å². The highest BCUT2D eigenvalue weighted by Crippen LogP contribution is 2.12. The summed E-state index contributed by atoms with van der Waals surface area (Å²) >= 11 is 3.36. The molecule has 1 aromatic carbocycles. The van der Waals surface area contributed by atoms with E-state index in [2.05, 4.69) is 26.2 Å². The Balaban J connectivity index is 2.11. The van der Waals surface area contributed by atoms with E-state index < -0.39 is 17.9 Å². The number of carbonyl (C=O) groups excluding carboxylic acids is 2. The van der Waals surface area contributed by atoms with Crippen molar-refractivity contribution in [2.45, 2.75) is 12.5 Å². The zero-order valence-electron chi connectivity index (χ0n) is 12.0. The molecule has 0 aliphatic carbocycles. The average Bonchev–Trinajstić information content (AvgIpc) is 2.56. The quantitative estimate of drug-likeness (QED) is 0.829. The van der Waals surface area contributed by atoms with Gasteiger partial charge in [0, 0.05) is 17.1 Å². The smallest absolute Gasteiger partial charge is 0.328 e. The average molecular weight is 363 g/mol. The maximum Gasteiger partial charge on any atom is 0.328 e. The normalized spacial score (nSPS) is 11.5. The van der Waals surface area contributed by atoms with Gasteiger partial charge in [-0.1, -0.05) is 34.1 Å². The zero-order valence-corrected chi connectivity index (χ0v) is 13.5. The summed E-state index contributed by atoms with van der Waals surface area (Å²) in [4.78, 5) is 28.0. The van der Waals surface area contributed by atoms with E-state index in [1.807, 2.05) is 24.3 Å². The van der Waals surface area contributed by atoms with Crippen LogP contribution >= 0.6 is 15.9 Å². The molecular formula is C16H15BrN2O3. The highest BCUT2D eigenvalue weighted by Gasteiger charge is 2.23. The molecule has 0 radical (unpaired) electrons. The number of methoxy groups -OCH3 is 1. The van der Waals surface area contributed by atoms with Crippen LogP contribution in [-0.2, 0) is 16.0 Å². The van der Waals surface area contributed by atoms with Gasteiger partial charge >= 0.3 is 5.97 Å². The van der Waals surface area contributed by atoms with Gasteiger partial charge in [0.05, 0.1) is 7.11 Å². The van der Waals surface area contributed by atoms with E-state index >= 15 is 0 Å². The predicted octanol–water partition coefficient (Wildman–Crippen LogP) is 2.36. The molecule has 1 aromatic heterocycles. The molecule has 1 atom stereocenters. The van der Waals surface area contributed by atoms with Crippen LogP contribution in [0.2, 0.25) is 0 Å². The number of ether oxygens (including phenoxy) is 1. The van der Waals surface area contributed by atoms with Crippen molar-refractivity contribution in [2.75, 3.05) is 7.11 Å². The van der Waals surface area contributed by atoms with Crippen LogP contribution in [0.15, 0.2) is 53.1 Å². The molecule has 2 rings (SSSR count). The summed E-state index contributed by atoms with van der Waals surface area (Å²) < 4.78 is 5.71. The van der Waals surface area contributed by atoms with E-state index in [0.717, 1.165) is 10.0 Å². The molecule has 0 aliphatic rings. The molecule has 0 spiro atoms. The third-order valence-corrected chi connectivity index (χ3v) is 3.57. The van der Waals surface area contributed by atoms with Gasteiger partial charge in [-0.2, -0.15) is 0 Å². The Morgan fingerprint density at radius 3 is 2.55 bits per heavy atom. The SMILES string of the molecule is COC(=O)[C@H](Cc1ccc(Br)cc1)NC(=O)c1ccccn1. The lowest BCUT2D eigenvalue weighted by molar-refractivity contribution is -0.142. The highest BCUT2D eigenvalue weighted by atomic mass is 79.9. The second kappa shape index (κ2) is 7.70. The van der Waals surface area contributed by atoms with Crippen LogP contribution in [-0.4, -0.2) is 30.0 Å². The Labute approximate surface area is 136 Å². The Bertz CT molecular complexity index is 644. The van der Waals surface area contributed by atoms with Gasteiger partial charge in [0.1, 0.15) is 11.7 Å². The van der Waals surface area contributed by atoms with Gasteiger partial charge in [-0.25, -0.2) is 4.79 Å². The van der Waals surface area contributed by atoms with Gasteiger partial charge in [0.25, 0.3) is 5.91 Å². The molecule has 1 amide bonds. The molecule has 0 saturated heterocycles. The number of carbonyl (C=O) groups is 2. The van der Waals surface area contributed by atoms with E-state index in [1.165, 1.54) is 13.3 Å². The minimum atomic E-state index is -0.763. The van der Waals surface area contributed by atoms with Crippen LogP contribution in [0.5, 0.6) is 0 Å². The van der Waals surface area contributed by atoms with Gasteiger partial charge in [0.15, 0.2) is 0 Å². The number of benzene rings is 1. The Morgan fingerprint density at radius 2 is 1.95 bits per heavy atom. The van der Waals surface area contributed by atoms with Crippen LogP contribution in [0.1, 0.15) is 16.1 Å². The first-order valence-corrected chi connectivity index (χ1v) is 7.43. The third kappa shape index (κ3) is 4.39. The van der Waals surface area contributed by atoms with Crippen LogP contribution < -0.4 is 5.32 Å².